The first kappa shape index (κ1) is 15.1. The van der Waals surface area contributed by atoms with Gasteiger partial charge < -0.3 is 10.4 Å². The maximum atomic E-state index is 14.8. The Morgan fingerprint density at radius 3 is 2.57 bits per heavy atom. The summed E-state index contributed by atoms with van der Waals surface area (Å²) < 4.78 is 42.0. The number of aliphatic carboxylic acids is 1. The Labute approximate surface area is 130 Å². The molecule has 0 fully saturated rings. The predicted molar refractivity (Wildman–Crippen MR) is 78.8 cm³/mol. The number of halogens is 3. The Hall–Kier alpha value is -2.76. The molecule has 0 amide bonds. The summed E-state index contributed by atoms with van der Waals surface area (Å²) >= 11 is 0. The summed E-state index contributed by atoms with van der Waals surface area (Å²) in [4.78, 5) is 11.1. The lowest BCUT2D eigenvalue weighted by atomic mass is 9.91. The van der Waals surface area contributed by atoms with Crippen LogP contribution in [0.5, 0.6) is 0 Å². The van der Waals surface area contributed by atoms with Crippen molar-refractivity contribution in [2.75, 3.05) is 5.32 Å². The van der Waals surface area contributed by atoms with E-state index in [9.17, 15) is 18.0 Å². The van der Waals surface area contributed by atoms with Crippen LogP contribution in [0.15, 0.2) is 48.2 Å². The summed E-state index contributed by atoms with van der Waals surface area (Å²) in [5.74, 6) is -3.49. The Bertz CT molecular complexity index is 817. The number of carbonyl (C=O) groups is 1. The molecule has 23 heavy (non-hydrogen) atoms. The minimum absolute atomic E-state index is 0.00515. The zero-order valence-corrected chi connectivity index (χ0v) is 11.8. The number of rotatable bonds is 3. The first-order chi connectivity index (χ1) is 11.0. The Balaban J connectivity index is 2.06. The van der Waals surface area contributed by atoms with Gasteiger partial charge in [0, 0.05) is 23.9 Å². The van der Waals surface area contributed by atoms with E-state index in [4.69, 9.17) is 5.11 Å². The smallest absolute Gasteiger partial charge is 0.333 e. The van der Waals surface area contributed by atoms with Crippen LogP contribution in [-0.2, 0) is 11.2 Å². The molecule has 2 aromatic rings. The third kappa shape index (κ3) is 2.67. The van der Waals surface area contributed by atoms with Crippen molar-refractivity contribution < 1.29 is 23.1 Å². The number of benzene rings is 2. The number of carboxylic acid groups (broad SMARTS) is 1. The Morgan fingerprint density at radius 1 is 1.13 bits per heavy atom. The van der Waals surface area contributed by atoms with E-state index in [1.54, 1.807) is 12.1 Å². The van der Waals surface area contributed by atoms with Crippen LogP contribution in [0.25, 0.3) is 0 Å². The monoisotopic (exact) mass is 319 g/mol. The van der Waals surface area contributed by atoms with Crippen molar-refractivity contribution in [2.45, 2.75) is 12.6 Å². The zero-order chi connectivity index (χ0) is 16.6. The van der Waals surface area contributed by atoms with Gasteiger partial charge in [-0.25, -0.2) is 18.0 Å². The first-order valence-electron chi connectivity index (χ1n) is 6.87. The number of nitrogens with one attached hydrogen (secondary N) is 1. The third-order valence-electron chi connectivity index (χ3n) is 3.78. The molecule has 0 aliphatic carbocycles. The molecule has 0 spiro atoms. The van der Waals surface area contributed by atoms with E-state index in [0.29, 0.717) is 11.3 Å². The van der Waals surface area contributed by atoms with Crippen molar-refractivity contribution in [3.8, 4) is 0 Å². The van der Waals surface area contributed by atoms with Crippen LogP contribution >= 0.6 is 0 Å². The SMILES string of the molecule is O=C(O)C1=CNc2cccc(C(F)c3cccc(F)c3F)c2C1. The second-order valence-electron chi connectivity index (χ2n) is 5.17. The van der Waals surface area contributed by atoms with Crippen molar-refractivity contribution in [3.05, 3.63) is 76.5 Å². The maximum absolute atomic E-state index is 14.8. The third-order valence-corrected chi connectivity index (χ3v) is 3.78. The molecule has 0 bridgehead atoms. The summed E-state index contributed by atoms with van der Waals surface area (Å²) in [6.45, 7) is 0. The fourth-order valence-electron chi connectivity index (χ4n) is 2.60. The normalized spacial score (nSPS) is 14.5. The highest BCUT2D eigenvalue weighted by atomic mass is 19.2. The van der Waals surface area contributed by atoms with Crippen LogP contribution in [0.4, 0.5) is 18.9 Å². The average Bonchev–Trinajstić information content (AvgIpc) is 2.55. The maximum Gasteiger partial charge on any atom is 0.333 e. The number of hydrogen-bond donors (Lipinski definition) is 2. The van der Waals surface area contributed by atoms with Gasteiger partial charge in [-0.05, 0) is 23.3 Å². The lowest BCUT2D eigenvalue weighted by Crippen LogP contribution is -2.15. The Morgan fingerprint density at radius 2 is 1.83 bits per heavy atom. The molecule has 1 unspecified atom stereocenters. The molecule has 3 nitrogen and oxygen atoms in total. The molecule has 1 heterocycles. The molecule has 2 N–H and O–H groups in total. The molecular weight excluding hydrogens is 307 g/mol. The van der Waals surface area contributed by atoms with Crippen molar-refractivity contribution in [3.63, 3.8) is 0 Å². The van der Waals surface area contributed by atoms with E-state index < -0.39 is 29.3 Å². The molecule has 6 heteroatoms. The standard InChI is InChI=1S/C17H12F3NO2/c18-13-5-1-4-11(16(13)20)15(19)10-3-2-6-14-12(10)7-9(8-21-14)17(22)23/h1-6,8,15,21H,7H2,(H,22,23). The minimum atomic E-state index is -1.89. The van der Waals surface area contributed by atoms with Crippen molar-refractivity contribution in [1.82, 2.24) is 0 Å². The molecule has 1 atom stereocenters. The number of alkyl halides is 1. The van der Waals surface area contributed by atoms with Crippen molar-refractivity contribution in [1.29, 1.82) is 0 Å². The van der Waals surface area contributed by atoms with Crippen LogP contribution in [0.1, 0.15) is 22.9 Å². The molecule has 0 saturated heterocycles. The number of hydrogen-bond acceptors (Lipinski definition) is 2. The van der Waals surface area contributed by atoms with Gasteiger partial charge in [-0.2, -0.15) is 0 Å². The summed E-state index contributed by atoms with van der Waals surface area (Å²) in [5.41, 5.74) is 0.739. The molecule has 1 aliphatic heterocycles. The number of carboxylic acids is 1. The van der Waals surface area contributed by atoms with Crippen LogP contribution in [-0.4, -0.2) is 11.1 Å². The summed E-state index contributed by atoms with van der Waals surface area (Å²) in [6, 6.07) is 8.01. The second-order valence-corrected chi connectivity index (χ2v) is 5.17. The number of fused-ring (bicyclic) bond motifs is 1. The molecule has 2 aromatic carbocycles. The van der Waals surface area contributed by atoms with Gasteiger partial charge in [-0.15, -0.1) is 0 Å². The lowest BCUT2D eigenvalue weighted by molar-refractivity contribution is -0.132. The van der Waals surface area contributed by atoms with Gasteiger partial charge in [0.25, 0.3) is 0 Å². The van der Waals surface area contributed by atoms with Gasteiger partial charge in [0.15, 0.2) is 17.8 Å². The molecule has 0 radical (unpaired) electrons. The minimum Gasteiger partial charge on any atom is -0.478 e. The van der Waals surface area contributed by atoms with Gasteiger partial charge in [0.2, 0.25) is 0 Å². The Kier molecular flexibility index (Phi) is 3.82. The molecule has 0 aromatic heterocycles. The van der Waals surface area contributed by atoms with Gasteiger partial charge >= 0.3 is 5.97 Å². The lowest BCUT2D eigenvalue weighted by Gasteiger charge is -2.21. The quantitative estimate of drug-likeness (QED) is 0.900. The fourth-order valence-corrected chi connectivity index (χ4v) is 2.60. The summed E-state index contributed by atoms with van der Waals surface area (Å²) in [5, 5.41) is 11.9. The van der Waals surface area contributed by atoms with Crippen LogP contribution in [0.3, 0.4) is 0 Å². The van der Waals surface area contributed by atoms with E-state index in [1.807, 2.05) is 0 Å². The summed E-state index contributed by atoms with van der Waals surface area (Å²) in [6.07, 6.45) is -0.550. The molecule has 0 saturated carbocycles. The van der Waals surface area contributed by atoms with E-state index in [-0.39, 0.29) is 17.6 Å². The number of anilines is 1. The van der Waals surface area contributed by atoms with E-state index in [1.165, 1.54) is 24.4 Å². The molecule has 118 valence electrons. The van der Waals surface area contributed by atoms with Crippen LogP contribution < -0.4 is 5.32 Å². The largest absolute Gasteiger partial charge is 0.478 e. The summed E-state index contributed by atoms with van der Waals surface area (Å²) in [7, 11) is 0. The second kappa shape index (κ2) is 5.79. The van der Waals surface area contributed by atoms with Gasteiger partial charge in [-0.3, -0.25) is 0 Å². The topological polar surface area (TPSA) is 49.3 Å². The van der Waals surface area contributed by atoms with E-state index in [0.717, 1.165) is 6.07 Å². The highest BCUT2D eigenvalue weighted by molar-refractivity contribution is 5.89. The van der Waals surface area contributed by atoms with Gasteiger partial charge in [0.05, 0.1) is 5.57 Å². The first-order valence-corrected chi connectivity index (χ1v) is 6.87. The highest BCUT2D eigenvalue weighted by Crippen LogP contribution is 2.36. The van der Waals surface area contributed by atoms with Gasteiger partial charge in [-0.1, -0.05) is 24.3 Å². The van der Waals surface area contributed by atoms with E-state index >= 15 is 0 Å². The fraction of sp³-hybridized carbons (Fsp3) is 0.118. The van der Waals surface area contributed by atoms with Crippen molar-refractivity contribution >= 4 is 11.7 Å². The van der Waals surface area contributed by atoms with Crippen LogP contribution in [0, 0.1) is 11.6 Å². The highest BCUT2D eigenvalue weighted by Gasteiger charge is 2.26. The van der Waals surface area contributed by atoms with Crippen molar-refractivity contribution in [2.24, 2.45) is 0 Å². The van der Waals surface area contributed by atoms with Crippen LogP contribution in [0.2, 0.25) is 0 Å². The molecule has 3 rings (SSSR count). The van der Waals surface area contributed by atoms with E-state index in [2.05, 4.69) is 5.32 Å². The molecular formula is C17H12F3NO2. The predicted octanol–water partition coefficient (Wildman–Crippen LogP) is 3.96. The average molecular weight is 319 g/mol. The molecule has 1 aliphatic rings. The zero-order valence-electron chi connectivity index (χ0n) is 11.8. The van der Waals surface area contributed by atoms with Gasteiger partial charge in [0.1, 0.15) is 0 Å².